The van der Waals surface area contributed by atoms with Crippen LogP contribution in [0.3, 0.4) is 0 Å². The first kappa shape index (κ1) is 26.1. The van der Waals surface area contributed by atoms with E-state index in [0.29, 0.717) is 50.5 Å². The number of nitriles is 1. The predicted octanol–water partition coefficient (Wildman–Crippen LogP) is 6.68. The highest BCUT2D eigenvalue weighted by Gasteiger charge is 2.36. The normalized spacial score (nSPS) is 20.8. The third-order valence-electron chi connectivity index (χ3n) is 7.54. The van der Waals surface area contributed by atoms with E-state index >= 15 is 0 Å². The maximum atomic E-state index is 13.5. The van der Waals surface area contributed by atoms with Crippen LogP contribution in [0.5, 0.6) is 0 Å². The standard InChI is InChI=1S/C28H27ClF3N5O/c29-24-3-1-2-20(13-24)25-14-26(35-34-25)22-12-21(19-4-6-23(7-5-19)28(30,31)32)16-37(17-22)27(38)36-10-8-18(15-33)9-11-36/h1-7,13-14,18,21-22H,8-12,16-17H2,(H,34,35). The number of hydrogen-bond donors (Lipinski definition) is 1. The highest BCUT2D eigenvalue weighted by atomic mass is 35.5. The number of nitrogens with zero attached hydrogens (tertiary/aromatic N) is 4. The van der Waals surface area contributed by atoms with Gasteiger partial charge in [0.2, 0.25) is 0 Å². The lowest BCUT2D eigenvalue weighted by Gasteiger charge is -2.41. The molecule has 2 aliphatic rings. The first-order valence-electron chi connectivity index (χ1n) is 12.6. The van der Waals surface area contributed by atoms with Crippen LogP contribution in [0.25, 0.3) is 11.3 Å². The summed E-state index contributed by atoms with van der Waals surface area (Å²) in [5.74, 6) is -0.269. The first-order chi connectivity index (χ1) is 18.2. The van der Waals surface area contributed by atoms with E-state index in [2.05, 4.69) is 16.3 Å². The number of nitrogens with one attached hydrogen (secondary N) is 1. The molecule has 2 amide bonds. The van der Waals surface area contributed by atoms with Crippen molar-refractivity contribution >= 4 is 17.6 Å². The van der Waals surface area contributed by atoms with Crippen LogP contribution in [0.1, 0.15) is 47.9 Å². The van der Waals surface area contributed by atoms with Crippen molar-refractivity contribution in [1.29, 1.82) is 5.26 Å². The minimum Gasteiger partial charge on any atom is -0.325 e. The molecule has 0 aliphatic carbocycles. The van der Waals surface area contributed by atoms with Gasteiger partial charge in [-0.3, -0.25) is 5.10 Å². The number of aromatic amines is 1. The molecule has 2 atom stereocenters. The maximum Gasteiger partial charge on any atom is 0.416 e. The summed E-state index contributed by atoms with van der Waals surface area (Å²) in [6.45, 7) is 1.91. The third kappa shape index (κ3) is 5.65. The Bertz CT molecular complexity index is 1330. The molecular formula is C28H27ClF3N5O. The largest absolute Gasteiger partial charge is 0.416 e. The average molecular weight is 542 g/mol. The summed E-state index contributed by atoms with van der Waals surface area (Å²) in [6, 6.07) is 16.8. The Hall–Kier alpha value is -3.51. The highest BCUT2D eigenvalue weighted by molar-refractivity contribution is 6.30. The molecule has 3 aromatic rings. The molecule has 0 saturated carbocycles. The number of amides is 2. The van der Waals surface area contributed by atoms with Crippen LogP contribution in [0.2, 0.25) is 5.02 Å². The number of carbonyl (C=O) groups excluding carboxylic acids is 1. The number of benzene rings is 2. The van der Waals surface area contributed by atoms with Crippen molar-refractivity contribution in [1.82, 2.24) is 20.0 Å². The van der Waals surface area contributed by atoms with Crippen LogP contribution in [-0.2, 0) is 6.18 Å². The molecule has 1 aromatic heterocycles. The van der Waals surface area contributed by atoms with E-state index < -0.39 is 11.7 Å². The Morgan fingerprint density at radius 2 is 1.74 bits per heavy atom. The van der Waals surface area contributed by atoms with Crippen LogP contribution < -0.4 is 0 Å². The monoisotopic (exact) mass is 541 g/mol. The molecule has 6 nitrogen and oxygen atoms in total. The Morgan fingerprint density at radius 3 is 2.39 bits per heavy atom. The molecule has 0 spiro atoms. The van der Waals surface area contributed by atoms with E-state index in [4.69, 9.17) is 11.6 Å². The second kappa shape index (κ2) is 10.7. The van der Waals surface area contributed by atoms with E-state index in [1.807, 2.05) is 24.3 Å². The van der Waals surface area contributed by atoms with Crippen molar-refractivity contribution in [2.24, 2.45) is 5.92 Å². The van der Waals surface area contributed by atoms with Gasteiger partial charge >= 0.3 is 12.2 Å². The van der Waals surface area contributed by atoms with Gasteiger partial charge in [-0.1, -0.05) is 35.9 Å². The number of piperidine rings is 2. The topological polar surface area (TPSA) is 76.0 Å². The minimum absolute atomic E-state index is 0.0389. The van der Waals surface area contributed by atoms with Crippen molar-refractivity contribution in [2.45, 2.75) is 37.3 Å². The Labute approximate surface area is 224 Å². The summed E-state index contributed by atoms with van der Waals surface area (Å²) in [4.78, 5) is 17.1. The van der Waals surface area contributed by atoms with Gasteiger partial charge in [-0.05, 0) is 55.2 Å². The van der Waals surface area contributed by atoms with Gasteiger partial charge < -0.3 is 9.80 Å². The summed E-state index contributed by atoms with van der Waals surface area (Å²) in [6.07, 6.45) is -2.46. The van der Waals surface area contributed by atoms with Crippen LogP contribution >= 0.6 is 11.6 Å². The van der Waals surface area contributed by atoms with Crippen molar-refractivity contribution in [2.75, 3.05) is 26.2 Å². The van der Waals surface area contributed by atoms with Gasteiger partial charge in [-0.2, -0.15) is 23.5 Å². The van der Waals surface area contributed by atoms with Crippen molar-refractivity contribution in [3.8, 4) is 17.3 Å². The molecule has 0 radical (unpaired) electrons. The molecule has 10 heteroatoms. The zero-order valence-electron chi connectivity index (χ0n) is 20.6. The second-order valence-electron chi connectivity index (χ2n) is 10.0. The molecule has 2 unspecified atom stereocenters. The number of hydrogen-bond acceptors (Lipinski definition) is 3. The predicted molar refractivity (Wildman–Crippen MR) is 137 cm³/mol. The van der Waals surface area contributed by atoms with E-state index in [1.54, 1.807) is 15.9 Å². The van der Waals surface area contributed by atoms with Crippen molar-refractivity contribution in [3.63, 3.8) is 0 Å². The summed E-state index contributed by atoms with van der Waals surface area (Å²) < 4.78 is 39.4. The van der Waals surface area contributed by atoms with Gasteiger partial charge in [0.15, 0.2) is 0 Å². The van der Waals surface area contributed by atoms with Crippen LogP contribution in [-0.4, -0.2) is 52.2 Å². The lowest BCUT2D eigenvalue weighted by atomic mass is 9.82. The SMILES string of the molecule is N#CC1CCN(C(=O)N2CC(c3ccc(C(F)(F)F)cc3)CC(c3cc(-c4cccc(Cl)c4)n[nH]3)C2)CC1. The molecule has 5 rings (SSSR count). The molecule has 2 fully saturated rings. The molecule has 2 aromatic carbocycles. The first-order valence-corrected chi connectivity index (χ1v) is 13.0. The number of halogens is 4. The van der Waals surface area contributed by atoms with Gasteiger partial charge in [0, 0.05) is 60.2 Å². The number of rotatable bonds is 3. The average Bonchev–Trinajstić information content (AvgIpc) is 3.43. The minimum atomic E-state index is -4.40. The number of aromatic nitrogens is 2. The zero-order chi connectivity index (χ0) is 26.9. The molecule has 2 saturated heterocycles. The second-order valence-corrected chi connectivity index (χ2v) is 10.5. The fraction of sp³-hybridized carbons (Fsp3) is 0.393. The van der Waals surface area contributed by atoms with Gasteiger partial charge in [0.1, 0.15) is 0 Å². The van der Waals surface area contributed by atoms with Gasteiger partial charge in [0.05, 0.1) is 17.3 Å². The van der Waals surface area contributed by atoms with E-state index in [1.165, 1.54) is 12.1 Å². The van der Waals surface area contributed by atoms with E-state index in [-0.39, 0.29) is 23.8 Å². The fourth-order valence-electron chi connectivity index (χ4n) is 5.41. The lowest BCUT2D eigenvalue weighted by Crippen LogP contribution is -2.51. The number of urea groups is 1. The molecule has 198 valence electrons. The number of alkyl halides is 3. The van der Waals surface area contributed by atoms with Crippen LogP contribution in [0.4, 0.5) is 18.0 Å². The van der Waals surface area contributed by atoms with Crippen LogP contribution in [0, 0.1) is 17.2 Å². The highest BCUT2D eigenvalue weighted by Crippen LogP contribution is 2.38. The molecule has 2 aliphatic heterocycles. The molecular weight excluding hydrogens is 515 g/mol. The van der Waals surface area contributed by atoms with Crippen molar-refractivity contribution in [3.05, 3.63) is 76.4 Å². The Morgan fingerprint density at radius 1 is 1.03 bits per heavy atom. The Kier molecular flexibility index (Phi) is 7.35. The van der Waals surface area contributed by atoms with Gasteiger partial charge in [-0.25, -0.2) is 4.79 Å². The fourth-order valence-corrected chi connectivity index (χ4v) is 5.60. The molecule has 1 N–H and O–H groups in total. The summed E-state index contributed by atoms with van der Waals surface area (Å²) in [5.41, 5.74) is 2.52. The smallest absolute Gasteiger partial charge is 0.325 e. The lowest BCUT2D eigenvalue weighted by molar-refractivity contribution is -0.137. The molecule has 38 heavy (non-hydrogen) atoms. The quantitative estimate of drug-likeness (QED) is 0.402. The number of likely N-dealkylation sites (tertiary alicyclic amines) is 2. The van der Waals surface area contributed by atoms with Crippen LogP contribution in [0.15, 0.2) is 54.6 Å². The maximum absolute atomic E-state index is 13.5. The number of carbonyl (C=O) groups is 1. The van der Waals surface area contributed by atoms with Gasteiger partial charge in [0.25, 0.3) is 0 Å². The van der Waals surface area contributed by atoms with Crippen molar-refractivity contribution < 1.29 is 18.0 Å². The summed E-state index contributed by atoms with van der Waals surface area (Å²) in [5, 5.41) is 17.4. The van der Waals surface area contributed by atoms with E-state index in [0.717, 1.165) is 34.6 Å². The summed E-state index contributed by atoms with van der Waals surface area (Å²) in [7, 11) is 0. The molecule has 0 bridgehead atoms. The zero-order valence-corrected chi connectivity index (χ0v) is 21.3. The van der Waals surface area contributed by atoms with Gasteiger partial charge in [-0.15, -0.1) is 0 Å². The van der Waals surface area contributed by atoms with E-state index in [9.17, 15) is 23.2 Å². The molecule has 3 heterocycles. The number of H-pyrrole nitrogens is 1. The Balaban J connectivity index is 1.40. The summed E-state index contributed by atoms with van der Waals surface area (Å²) >= 11 is 6.15. The third-order valence-corrected chi connectivity index (χ3v) is 7.77.